The summed E-state index contributed by atoms with van der Waals surface area (Å²) in [5.74, 6) is 0.501. The second-order valence-corrected chi connectivity index (χ2v) is 6.20. The van der Waals surface area contributed by atoms with Crippen LogP contribution in [-0.4, -0.2) is 53.5 Å². The number of benzene rings is 1. The maximum Gasteiger partial charge on any atom is 0.279 e. The highest BCUT2D eigenvalue weighted by Crippen LogP contribution is 2.29. The minimum Gasteiger partial charge on any atom is -0.493 e. The van der Waals surface area contributed by atoms with Crippen molar-refractivity contribution in [1.82, 2.24) is 9.03 Å². The summed E-state index contributed by atoms with van der Waals surface area (Å²) >= 11 is 0. The number of ether oxygens (including phenoxy) is 2. The van der Waals surface area contributed by atoms with E-state index in [1.54, 1.807) is 18.2 Å². The molecule has 0 fully saturated rings. The molecule has 21 heavy (non-hydrogen) atoms. The summed E-state index contributed by atoms with van der Waals surface area (Å²) in [5, 5.41) is 2.56. The molecule has 0 aliphatic rings. The van der Waals surface area contributed by atoms with Gasteiger partial charge in [0.1, 0.15) is 0 Å². The van der Waals surface area contributed by atoms with Crippen molar-refractivity contribution in [3.8, 4) is 11.5 Å². The van der Waals surface area contributed by atoms with Crippen molar-refractivity contribution in [2.24, 2.45) is 0 Å². The van der Waals surface area contributed by atoms with Crippen LogP contribution in [0.5, 0.6) is 11.5 Å². The molecule has 0 aromatic heterocycles. The van der Waals surface area contributed by atoms with E-state index in [1.807, 2.05) is 0 Å². The number of hydrogen-bond acceptors (Lipinski definition) is 5. The van der Waals surface area contributed by atoms with Crippen molar-refractivity contribution < 1.29 is 22.7 Å². The fourth-order valence-corrected chi connectivity index (χ4v) is 1.98. The molecule has 0 saturated carbocycles. The Hall–Kier alpha value is -1.84. The molecule has 118 valence electrons. The Kier molecular flexibility index (Phi) is 5.94. The van der Waals surface area contributed by atoms with Gasteiger partial charge >= 0.3 is 0 Å². The molecule has 1 aromatic rings. The first-order chi connectivity index (χ1) is 9.80. The van der Waals surface area contributed by atoms with Gasteiger partial charge in [0, 0.05) is 25.8 Å². The average Bonchev–Trinajstić information content (AvgIpc) is 2.45. The number of nitrogens with one attached hydrogen (secondary N) is 2. The Balaban J connectivity index is 2.67. The predicted octanol–water partition coefficient (Wildman–Crippen LogP) is 0.0383. The second-order valence-electron chi connectivity index (χ2n) is 4.23. The van der Waals surface area contributed by atoms with Crippen LogP contribution in [0, 0.1) is 0 Å². The van der Waals surface area contributed by atoms with E-state index in [0.717, 1.165) is 4.31 Å². The van der Waals surface area contributed by atoms with E-state index >= 15 is 0 Å². The molecular formula is C12H19N3O5S. The van der Waals surface area contributed by atoms with Crippen LogP contribution in [0.25, 0.3) is 0 Å². The highest BCUT2D eigenvalue weighted by atomic mass is 32.2. The first-order valence-corrected chi connectivity index (χ1v) is 7.43. The van der Waals surface area contributed by atoms with E-state index in [0.29, 0.717) is 17.2 Å². The summed E-state index contributed by atoms with van der Waals surface area (Å²) in [5.41, 5.74) is 0.474. The lowest BCUT2D eigenvalue weighted by molar-refractivity contribution is -0.115. The predicted molar refractivity (Wildman–Crippen MR) is 78.8 cm³/mol. The zero-order valence-corrected chi connectivity index (χ0v) is 13.2. The van der Waals surface area contributed by atoms with Crippen LogP contribution in [0.4, 0.5) is 5.69 Å². The molecule has 1 aromatic carbocycles. The van der Waals surface area contributed by atoms with Crippen molar-refractivity contribution in [2.75, 3.05) is 40.2 Å². The summed E-state index contributed by atoms with van der Waals surface area (Å²) in [6, 6.07) is 4.84. The number of hydrogen-bond donors (Lipinski definition) is 2. The number of anilines is 1. The molecule has 0 aliphatic carbocycles. The molecule has 0 saturated heterocycles. The number of methoxy groups -OCH3 is 2. The van der Waals surface area contributed by atoms with Crippen molar-refractivity contribution in [3.05, 3.63) is 18.2 Å². The summed E-state index contributed by atoms with van der Waals surface area (Å²) in [7, 11) is 2.09. The monoisotopic (exact) mass is 317 g/mol. The van der Waals surface area contributed by atoms with Gasteiger partial charge < -0.3 is 14.8 Å². The van der Waals surface area contributed by atoms with Gasteiger partial charge in [0.2, 0.25) is 5.91 Å². The van der Waals surface area contributed by atoms with E-state index in [2.05, 4.69) is 10.0 Å². The van der Waals surface area contributed by atoms with E-state index in [9.17, 15) is 13.2 Å². The lowest BCUT2D eigenvalue weighted by Gasteiger charge is -2.13. The second kappa shape index (κ2) is 7.25. The van der Waals surface area contributed by atoms with Crippen LogP contribution >= 0.6 is 0 Å². The summed E-state index contributed by atoms with van der Waals surface area (Å²) in [6.45, 7) is -0.366. The first-order valence-electron chi connectivity index (χ1n) is 5.99. The molecule has 2 N–H and O–H groups in total. The van der Waals surface area contributed by atoms with Crippen molar-refractivity contribution >= 4 is 21.8 Å². The molecule has 1 amide bonds. The van der Waals surface area contributed by atoms with Crippen LogP contribution in [0.15, 0.2) is 18.2 Å². The van der Waals surface area contributed by atoms with Gasteiger partial charge in [-0.05, 0) is 12.1 Å². The molecule has 9 heteroatoms. The largest absolute Gasteiger partial charge is 0.493 e. The zero-order valence-electron chi connectivity index (χ0n) is 12.3. The van der Waals surface area contributed by atoms with Gasteiger partial charge in [-0.3, -0.25) is 4.79 Å². The van der Waals surface area contributed by atoms with E-state index in [-0.39, 0.29) is 6.54 Å². The maximum absolute atomic E-state index is 11.7. The fraction of sp³-hybridized carbons (Fsp3) is 0.417. The number of carbonyl (C=O) groups excluding carboxylic acids is 1. The molecular weight excluding hydrogens is 298 g/mol. The Morgan fingerprint density at radius 2 is 1.81 bits per heavy atom. The molecule has 0 bridgehead atoms. The van der Waals surface area contributed by atoms with Crippen molar-refractivity contribution in [1.29, 1.82) is 0 Å². The summed E-state index contributed by atoms with van der Waals surface area (Å²) in [4.78, 5) is 11.7. The van der Waals surface area contributed by atoms with Crippen LogP contribution < -0.4 is 19.5 Å². The smallest absolute Gasteiger partial charge is 0.279 e. The van der Waals surface area contributed by atoms with Crippen LogP contribution in [0.1, 0.15) is 0 Å². The molecule has 0 heterocycles. The van der Waals surface area contributed by atoms with Crippen molar-refractivity contribution in [3.63, 3.8) is 0 Å². The fourth-order valence-electron chi connectivity index (χ4n) is 1.41. The highest BCUT2D eigenvalue weighted by Gasteiger charge is 2.15. The standard InChI is InChI=1S/C12H19N3O5S/c1-15(2)21(17,18)13-8-12(16)14-9-5-6-10(19-3)11(7-9)20-4/h5-7,13H,8H2,1-4H3,(H,14,16). The number of nitrogens with zero attached hydrogens (tertiary/aromatic N) is 1. The molecule has 8 nitrogen and oxygen atoms in total. The third kappa shape index (κ3) is 4.88. The molecule has 0 atom stereocenters. The lowest BCUT2D eigenvalue weighted by atomic mass is 10.2. The normalized spacial score (nSPS) is 11.3. The number of amides is 1. The van der Waals surface area contributed by atoms with Gasteiger partial charge in [-0.1, -0.05) is 0 Å². The van der Waals surface area contributed by atoms with Gasteiger partial charge in [0.15, 0.2) is 11.5 Å². The maximum atomic E-state index is 11.7. The topological polar surface area (TPSA) is 97.0 Å². The third-order valence-corrected chi connectivity index (χ3v) is 4.03. The lowest BCUT2D eigenvalue weighted by Crippen LogP contribution is -2.40. The highest BCUT2D eigenvalue weighted by molar-refractivity contribution is 7.87. The summed E-state index contributed by atoms with van der Waals surface area (Å²) in [6.07, 6.45) is 0. The Morgan fingerprint density at radius 1 is 1.19 bits per heavy atom. The number of carbonyl (C=O) groups is 1. The summed E-state index contributed by atoms with van der Waals surface area (Å²) < 4.78 is 36.3. The van der Waals surface area contributed by atoms with Gasteiger partial charge in [0.05, 0.1) is 20.8 Å². The van der Waals surface area contributed by atoms with E-state index in [1.165, 1.54) is 28.3 Å². The van der Waals surface area contributed by atoms with E-state index < -0.39 is 16.1 Å². The Morgan fingerprint density at radius 3 is 2.33 bits per heavy atom. The van der Waals surface area contributed by atoms with Crippen LogP contribution in [0.3, 0.4) is 0 Å². The van der Waals surface area contributed by atoms with Crippen molar-refractivity contribution in [2.45, 2.75) is 0 Å². The molecule has 0 spiro atoms. The first kappa shape index (κ1) is 17.2. The average molecular weight is 317 g/mol. The third-order valence-electron chi connectivity index (χ3n) is 2.56. The van der Waals surface area contributed by atoms with Gasteiger partial charge in [-0.2, -0.15) is 17.4 Å². The quantitative estimate of drug-likeness (QED) is 0.740. The van der Waals surface area contributed by atoms with Crippen LogP contribution in [0.2, 0.25) is 0 Å². The minimum atomic E-state index is -3.63. The SMILES string of the molecule is COc1ccc(NC(=O)CNS(=O)(=O)N(C)C)cc1OC. The molecule has 0 unspecified atom stereocenters. The van der Waals surface area contributed by atoms with Crippen LogP contribution in [-0.2, 0) is 15.0 Å². The molecule has 0 radical (unpaired) electrons. The van der Waals surface area contributed by atoms with Gasteiger partial charge in [0.25, 0.3) is 10.2 Å². The molecule has 0 aliphatic heterocycles. The zero-order chi connectivity index (χ0) is 16.0. The van der Waals surface area contributed by atoms with E-state index in [4.69, 9.17) is 9.47 Å². The molecule has 1 rings (SSSR count). The Bertz CT molecular complexity index is 601. The van der Waals surface area contributed by atoms with Gasteiger partial charge in [-0.15, -0.1) is 0 Å². The van der Waals surface area contributed by atoms with Gasteiger partial charge in [-0.25, -0.2) is 0 Å². The number of rotatable bonds is 7. The Labute approximate surface area is 124 Å². The minimum absolute atomic E-state index is 0.366.